The maximum atomic E-state index is 12.5. The van der Waals surface area contributed by atoms with Crippen LogP contribution in [0, 0.1) is 6.92 Å². The van der Waals surface area contributed by atoms with Crippen molar-refractivity contribution in [2.24, 2.45) is 0 Å². The molecule has 0 saturated heterocycles. The van der Waals surface area contributed by atoms with E-state index in [4.69, 9.17) is 21.1 Å². The summed E-state index contributed by atoms with van der Waals surface area (Å²) in [5, 5.41) is 11.6. The van der Waals surface area contributed by atoms with E-state index in [0.717, 1.165) is 11.3 Å². The summed E-state index contributed by atoms with van der Waals surface area (Å²) in [6, 6.07) is 12.6. The molecule has 1 amide bonds. The lowest BCUT2D eigenvalue weighted by molar-refractivity contribution is 0.0945. The fraction of sp³-hybridized carbons (Fsp3) is 0.211. The number of benzene rings is 2. The van der Waals surface area contributed by atoms with Gasteiger partial charge in [-0.25, -0.2) is 4.68 Å². The molecule has 0 fully saturated rings. The van der Waals surface area contributed by atoms with Crippen molar-refractivity contribution in [3.8, 4) is 17.2 Å². The summed E-state index contributed by atoms with van der Waals surface area (Å²) in [5.74, 6) is 1.01. The van der Waals surface area contributed by atoms with Crippen LogP contribution in [-0.4, -0.2) is 35.1 Å². The van der Waals surface area contributed by atoms with Crippen LogP contribution in [-0.2, 0) is 6.54 Å². The van der Waals surface area contributed by atoms with Crippen LogP contribution in [0.25, 0.3) is 5.69 Å². The molecule has 0 aliphatic carbocycles. The average Bonchev–Trinajstić information content (AvgIpc) is 3.08. The van der Waals surface area contributed by atoms with Crippen molar-refractivity contribution in [2.45, 2.75) is 13.5 Å². The summed E-state index contributed by atoms with van der Waals surface area (Å²) in [6.45, 7) is 2.08. The highest BCUT2D eigenvalue weighted by Gasteiger charge is 2.17. The smallest absolute Gasteiger partial charge is 0.274 e. The van der Waals surface area contributed by atoms with Gasteiger partial charge in [0.2, 0.25) is 0 Å². The first kappa shape index (κ1) is 18.7. The fourth-order valence-corrected chi connectivity index (χ4v) is 2.75. The summed E-state index contributed by atoms with van der Waals surface area (Å²) in [4.78, 5) is 12.5. The number of nitrogens with zero attached hydrogens (tertiary/aromatic N) is 3. The summed E-state index contributed by atoms with van der Waals surface area (Å²) >= 11 is 5.91. The molecule has 0 radical (unpaired) electrons. The number of nitrogens with one attached hydrogen (secondary N) is 1. The van der Waals surface area contributed by atoms with Crippen molar-refractivity contribution in [3.63, 3.8) is 0 Å². The van der Waals surface area contributed by atoms with Gasteiger partial charge in [0.25, 0.3) is 5.91 Å². The van der Waals surface area contributed by atoms with Gasteiger partial charge in [0, 0.05) is 23.2 Å². The third-order valence-electron chi connectivity index (χ3n) is 4.11. The van der Waals surface area contributed by atoms with Crippen LogP contribution < -0.4 is 14.8 Å². The number of methoxy groups -OCH3 is 2. The van der Waals surface area contributed by atoms with Gasteiger partial charge in [-0.1, -0.05) is 16.8 Å². The summed E-state index contributed by atoms with van der Waals surface area (Å²) in [5.41, 5.74) is 2.50. The second-order valence-corrected chi connectivity index (χ2v) is 6.21. The number of aromatic nitrogens is 3. The highest BCUT2D eigenvalue weighted by atomic mass is 35.5. The van der Waals surface area contributed by atoms with E-state index in [1.807, 2.05) is 24.3 Å². The van der Waals surface area contributed by atoms with Crippen LogP contribution in [0.5, 0.6) is 11.5 Å². The van der Waals surface area contributed by atoms with E-state index in [-0.39, 0.29) is 11.6 Å². The van der Waals surface area contributed by atoms with Crippen molar-refractivity contribution in [2.75, 3.05) is 14.2 Å². The first-order chi connectivity index (χ1) is 13.0. The van der Waals surface area contributed by atoms with Crippen molar-refractivity contribution in [3.05, 3.63) is 64.4 Å². The summed E-state index contributed by atoms with van der Waals surface area (Å²) < 4.78 is 12.1. The molecule has 1 aromatic heterocycles. The van der Waals surface area contributed by atoms with Crippen LogP contribution in [0.4, 0.5) is 0 Å². The minimum absolute atomic E-state index is 0.262. The van der Waals surface area contributed by atoms with Crippen molar-refractivity contribution >= 4 is 17.5 Å². The molecule has 0 aliphatic rings. The Morgan fingerprint density at radius 2 is 1.89 bits per heavy atom. The molecule has 0 unspecified atom stereocenters. The molecule has 3 rings (SSSR count). The molecule has 3 aromatic rings. The minimum atomic E-state index is -0.314. The van der Waals surface area contributed by atoms with Gasteiger partial charge < -0.3 is 14.8 Å². The molecule has 7 nitrogen and oxygen atoms in total. The highest BCUT2D eigenvalue weighted by molar-refractivity contribution is 6.30. The zero-order chi connectivity index (χ0) is 19.4. The van der Waals surface area contributed by atoms with Crippen LogP contribution in [0.2, 0.25) is 5.02 Å². The third-order valence-corrected chi connectivity index (χ3v) is 4.37. The van der Waals surface area contributed by atoms with Gasteiger partial charge >= 0.3 is 0 Å². The largest absolute Gasteiger partial charge is 0.497 e. The quantitative estimate of drug-likeness (QED) is 0.704. The molecule has 0 bridgehead atoms. The fourth-order valence-electron chi connectivity index (χ4n) is 2.62. The molecule has 1 heterocycles. The number of carbonyl (C=O) groups is 1. The van der Waals surface area contributed by atoms with E-state index in [9.17, 15) is 4.79 Å². The molecule has 0 atom stereocenters. The van der Waals surface area contributed by atoms with E-state index in [1.165, 1.54) is 0 Å². The molecule has 0 aliphatic heterocycles. The molecular formula is C19H19ClN4O3. The number of hydrogen-bond acceptors (Lipinski definition) is 5. The third kappa shape index (κ3) is 4.03. The summed E-state index contributed by atoms with van der Waals surface area (Å²) in [6.07, 6.45) is 0. The summed E-state index contributed by atoms with van der Waals surface area (Å²) in [7, 11) is 3.16. The lowest BCUT2D eigenvalue weighted by atomic mass is 10.2. The molecule has 140 valence electrons. The van der Waals surface area contributed by atoms with E-state index in [2.05, 4.69) is 15.6 Å². The lowest BCUT2D eigenvalue weighted by Crippen LogP contribution is -2.24. The second kappa shape index (κ2) is 8.09. The Kier molecular flexibility index (Phi) is 5.61. The predicted molar refractivity (Wildman–Crippen MR) is 102 cm³/mol. The van der Waals surface area contributed by atoms with Crippen LogP contribution in [0.1, 0.15) is 21.7 Å². The number of rotatable bonds is 6. The van der Waals surface area contributed by atoms with Gasteiger partial charge in [0.1, 0.15) is 11.5 Å². The van der Waals surface area contributed by atoms with Gasteiger partial charge in [-0.2, -0.15) is 0 Å². The topological polar surface area (TPSA) is 78.3 Å². The Labute approximate surface area is 161 Å². The number of ether oxygens (including phenoxy) is 2. The molecule has 8 heteroatoms. The van der Waals surface area contributed by atoms with Crippen LogP contribution in [0.15, 0.2) is 42.5 Å². The number of hydrogen-bond donors (Lipinski definition) is 1. The first-order valence-electron chi connectivity index (χ1n) is 8.21. The Morgan fingerprint density at radius 1 is 1.15 bits per heavy atom. The van der Waals surface area contributed by atoms with Gasteiger partial charge in [0.05, 0.1) is 25.6 Å². The minimum Gasteiger partial charge on any atom is -0.497 e. The monoisotopic (exact) mass is 386 g/mol. The zero-order valence-corrected chi connectivity index (χ0v) is 15.9. The van der Waals surface area contributed by atoms with Crippen molar-refractivity contribution in [1.82, 2.24) is 20.3 Å². The SMILES string of the molecule is COc1ccc(CNC(=O)c2nnn(-c3ccc(Cl)cc3)c2C)c(OC)c1. The Balaban J connectivity index is 1.75. The Morgan fingerprint density at radius 3 is 2.56 bits per heavy atom. The number of carbonyl (C=O) groups excluding carboxylic acids is 1. The maximum absolute atomic E-state index is 12.5. The van der Waals surface area contributed by atoms with Crippen molar-refractivity contribution in [1.29, 1.82) is 0 Å². The molecule has 1 N–H and O–H groups in total. The molecular weight excluding hydrogens is 368 g/mol. The van der Waals surface area contributed by atoms with Crippen LogP contribution in [0.3, 0.4) is 0 Å². The van der Waals surface area contributed by atoms with Gasteiger partial charge in [-0.05, 0) is 43.3 Å². The molecule has 27 heavy (non-hydrogen) atoms. The normalized spacial score (nSPS) is 10.5. The second-order valence-electron chi connectivity index (χ2n) is 5.77. The predicted octanol–water partition coefficient (Wildman–Crippen LogP) is 3.18. The van der Waals surface area contributed by atoms with E-state index >= 15 is 0 Å². The lowest BCUT2D eigenvalue weighted by Gasteiger charge is -2.11. The maximum Gasteiger partial charge on any atom is 0.274 e. The highest BCUT2D eigenvalue weighted by Crippen LogP contribution is 2.24. The molecule has 0 spiro atoms. The van der Waals surface area contributed by atoms with E-state index in [0.29, 0.717) is 28.8 Å². The van der Waals surface area contributed by atoms with Crippen molar-refractivity contribution < 1.29 is 14.3 Å². The van der Waals surface area contributed by atoms with Crippen LogP contribution >= 0.6 is 11.6 Å². The van der Waals surface area contributed by atoms with Gasteiger partial charge in [-0.15, -0.1) is 5.10 Å². The first-order valence-corrected chi connectivity index (χ1v) is 8.58. The molecule has 2 aromatic carbocycles. The van der Waals surface area contributed by atoms with Gasteiger partial charge in [-0.3, -0.25) is 4.79 Å². The Hall–Kier alpha value is -3.06. The number of amides is 1. The number of halogens is 1. The van der Waals surface area contributed by atoms with E-state index < -0.39 is 0 Å². The van der Waals surface area contributed by atoms with Gasteiger partial charge in [0.15, 0.2) is 5.69 Å². The zero-order valence-electron chi connectivity index (χ0n) is 15.2. The molecule has 0 saturated carbocycles. The standard InChI is InChI=1S/C19H19ClN4O3/c1-12-18(22-23-24(12)15-7-5-14(20)6-8-15)19(25)21-11-13-4-9-16(26-2)10-17(13)27-3/h4-10H,11H2,1-3H3,(H,21,25). The Bertz CT molecular complexity index is 954. The average molecular weight is 387 g/mol. The van der Waals surface area contributed by atoms with E-state index in [1.54, 1.807) is 44.0 Å².